The van der Waals surface area contributed by atoms with Crippen LogP contribution >= 0.6 is 0 Å². The first-order valence-electron chi connectivity index (χ1n) is 3.54. The van der Waals surface area contributed by atoms with E-state index in [1.54, 1.807) is 0 Å². The topological polar surface area (TPSA) is 17.1 Å². The second-order valence-corrected chi connectivity index (χ2v) is 3.92. The fraction of sp³-hybridized carbons (Fsp3) is 0.875. The van der Waals surface area contributed by atoms with E-state index in [0.29, 0.717) is 11.7 Å². The van der Waals surface area contributed by atoms with Gasteiger partial charge >= 0.3 is 0 Å². The number of Topliss-reactive ketones (excluding diaryl/α,β-unsaturated/α-hetero) is 1. The number of hydrogen-bond acceptors (Lipinski definition) is 1. The summed E-state index contributed by atoms with van der Waals surface area (Å²) >= 11 is 0. The van der Waals surface area contributed by atoms with Gasteiger partial charge in [-0.1, -0.05) is 20.8 Å². The average molecular weight is 126 g/mol. The summed E-state index contributed by atoms with van der Waals surface area (Å²) in [5.74, 6) is 0.819. The van der Waals surface area contributed by atoms with Gasteiger partial charge in [-0.2, -0.15) is 0 Å². The lowest BCUT2D eigenvalue weighted by molar-refractivity contribution is -0.133. The minimum absolute atomic E-state index is 0.218. The molecule has 0 radical (unpaired) electrons. The van der Waals surface area contributed by atoms with Crippen molar-refractivity contribution < 1.29 is 4.79 Å². The number of hydrogen-bond donors (Lipinski definition) is 0. The minimum atomic E-state index is 0.218. The average Bonchev–Trinajstić information content (AvgIpc) is 1.57. The van der Waals surface area contributed by atoms with Crippen LogP contribution in [0.4, 0.5) is 0 Å². The van der Waals surface area contributed by atoms with Gasteiger partial charge in [0.1, 0.15) is 5.78 Å². The third-order valence-electron chi connectivity index (χ3n) is 2.11. The first kappa shape index (κ1) is 6.79. The summed E-state index contributed by atoms with van der Waals surface area (Å²) in [6, 6.07) is 0. The van der Waals surface area contributed by atoms with E-state index >= 15 is 0 Å². The maximum atomic E-state index is 10.9. The van der Waals surface area contributed by atoms with Crippen molar-refractivity contribution in [3.63, 3.8) is 0 Å². The van der Waals surface area contributed by atoms with E-state index in [9.17, 15) is 4.79 Å². The zero-order valence-electron chi connectivity index (χ0n) is 6.40. The molecule has 1 unspecified atom stereocenters. The maximum absolute atomic E-state index is 10.9. The van der Waals surface area contributed by atoms with E-state index in [0.717, 1.165) is 12.8 Å². The Morgan fingerprint density at radius 3 is 2.00 bits per heavy atom. The molecule has 0 saturated heterocycles. The maximum Gasteiger partial charge on any atom is 0.136 e. The molecule has 0 aromatic carbocycles. The fourth-order valence-corrected chi connectivity index (χ4v) is 1.32. The molecule has 0 aromatic heterocycles. The highest BCUT2D eigenvalue weighted by atomic mass is 16.1. The molecule has 52 valence electrons. The lowest BCUT2D eigenvalue weighted by Crippen LogP contribution is -2.36. The molecule has 1 fully saturated rings. The zero-order valence-corrected chi connectivity index (χ0v) is 6.40. The first-order valence-corrected chi connectivity index (χ1v) is 3.54. The van der Waals surface area contributed by atoms with Crippen LogP contribution in [0.15, 0.2) is 0 Å². The molecule has 1 nitrogen and oxygen atoms in total. The van der Waals surface area contributed by atoms with Crippen molar-refractivity contribution in [2.45, 2.75) is 33.6 Å². The second-order valence-electron chi connectivity index (χ2n) is 3.92. The van der Waals surface area contributed by atoms with Crippen molar-refractivity contribution in [1.82, 2.24) is 0 Å². The van der Waals surface area contributed by atoms with Gasteiger partial charge in [0, 0.05) is 12.3 Å². The number of rotatable bonds is 0. The van der Waals surface area contributed by atoms with Gasteiger partial charge in [-0.25, -0.2) is 0 Å². The van der Waals surface area contributed by atoms with Crippen LogP contribution < -0.4 is 0 Å². The molecular formula is C8H14O. The predicted molar refractivity (Wildman–Crippen MR) is 37.2 cm³/mol. The molecular weight excluding hydrogens is 112 g/mol. The van der Waals surface area contributed by atoms with E-state index < -0.39 is 0 Å². The van der Waals surface area contributed by atoms with Crippen LogP contribution in [0.5, 0.6) is 0 Å². The smallest absolute Gasteiger partial charge is 0.136 e. The van der Waals surface area contributed by atoms with Crippen molar-refractivity contribution in [3.8, 4) is 0 Å². The molecule has 0 bridgehead atoms. The molecule has 1 heteroatoms. The van der Waals surface area contributed by atoms with Gasteiger partial charge < -0.3 is 0 Å². The Balaban J connectivity index is 2.54. The van der Waals surface area contributed by atoms with Crippen LogP contribution in [0.2, 0.25) is 0 Å². The van der Waals surface area contributed by atoms with Gasteiger partial charge in [-0.15, -0.1) is 0 Å². The largest absolute Gasteiger partial charge is 0.299 e. The van der Waals surface area contributed by atoms with E-state index in [1.165, 1.54) is 0 Å². The third kappa shape index (κ3) is 1.15. The van der Waals surface area contributed by atoms with E-state index in [4.69, 9.17) is 0 Å². The van der Waals surface area contributed by atoms with Crippen molar-refractivity contribution in [1.29, 1.82) is 0 Å². The quantitative estimate of drug-likeness (QED) is 0.485. The van der Waals surface area contributed by atoms with E-state index in [1.807, 2.05) is 0 Å². The molecule has 1 rings (SSSR count). The number of ketones is 1. The Bertz CT molecular complexity index is 130. The molecule has 0 N–H and O–H groups in total. The normalized spacial score (nSPS) is 27.9. The molecule has 1 aliphatic carbocycles. The lowest BCUT2D eigenvalue weighted by atomic mass is 9.68. The standard InChI is InChI=1S/C8H14O/c1-8(2,3)6-4-5-7(6)9/h6H,4-5H2,1-3H3. The fourth-order valence-electron chi connectivity index (χ4n) is 1.32. The summed E-state index contributed by atoms with van der Waals surface area (Å²) in [6.07, 6.45) is 1.93. The van der Waals surface area contributed by atoms with Gasteiger partial charge in [0.15, 0.2) is 0 Å². The summed E-state index contributed by atoms with van der Waals surface area (Å²) in [4.78, 5) is 10.9. The van der Waals surface area contributed by atoms with Crippen LogP contribution in [-0.4, -0.2) is 5.78 Å². The monoisotopic (exact) mass is 126 g/mol. The molecule has 0 aromatic rings. The third-order valence-corrected chi connectivity index (χ3v) is 2.11. The van der Waals surface area contributed by atoms with Crippen molar-refractivity contribution in [2.75, 3.05) is 0 Å². The molecule has 0 spiro atoms. The lowest BCUT2D eigenvalue weighted by Gasteiger charge is -2.35. The highest BCUT2D eigenvalue weighted by Crippen LogP contribution is 2.38. The molecule has 0 heterocycles. The molecule has 9 heavy (non-hydrogen) atoms. The minimum Gasteiger partial charge on any atom is -0.299 e. The molecule has 1 saturated carbocycles. The van der Waals surface area contributed by atoms with Crippen molar-refractivity contribution in [3.05, 3.63) is 0 Å². The summed E-state index contributed by atoms with van der Waals surface area (Å²) in [5.41, 5.74) is 0.218. The summed E-state index contributed by atoms with van der Waals surface area (Å²) in [5, 5.41) is 0. The van der Waals surface area contributed by atoms with Crippen LogP contribution in [0.25, 0.3) is 0 Å². The second kappa shape index (κ2) is 1.83. The SMILES string of the molecule is CC(C)(C)C1CCC1=O. The summed E-state index contributed by atoms with van der Waals surface area (Å²) < 4.78 is 0. The molecule has 1 aliphatic rings. The molecule has 0 aliphatic heterocycles. The van der Waals surface area contributed by atoms with E-state index in [2.05, 4.69) is 20.8 Å². The van der Waals surface area contributed by atoms with Crippen molar-refractivity contribution >= 4 is 5.78 Å². The highest BCUT2D eigenvalue weighted by molar-refractivity contribution is 5.86. The Morgan fingerprint density at radius 1 is 1.44 bits per heavy atom. The van der Waals surface area contributed by atoms with Crippen LogP contribution in [-0.2, 0) is 4.79 Å². The summed E-state index contributed by atoms with van der Waals surface area (Å²) in [6.45, 7) is 6.40. The van der Waals surface area contributed by atoms with Crippen LogP contribution in [0.3, 0.4) is 0 Å². The number of carbonyl (C=O) groups excluding carboxylic acids is 1. The molecule has 0 amide bonds. The van der Waals surface area contributed by atoms with Gasteiger partial charge in [0.2, 0.25) is 0 Å². The van der Waals surface area contributed by atoms with E-state index in [-0.39, 0.29) is 5.41 Å². The van der Waals surface area contributed by atoms with Crippen LogP contribution in [0.1, 0.15) is 33.6 Å². The number of carbonyl (C=O) groups is 1. The highest BCUT2D eigenvalue weighted by Gasteiger charge is 2.37. The Morgan fingerprint density at radius 2 is 2.00 bits per heavy atom. The zero-order chi connectivity index (χ0) is 7.07. The van der Waals surface area contributed by atoms with Gasteiger partial charge in [0.25, 0.3) is 0 Å². The summed E-state index contributed by atoms with van der Waals surface area (Å²) in [7, 11) is 0. The van der Waals surface area contributed by atoms with Gasteiger partial charge in [0.05, 0.1) is 0 Å². The Labute approximate surface area is 56.4 Å². The molecule has 1 atom stereocenters. The van der Waals surface area contributed by atoms with Crippen molar-refractivity contribution in [2.24, 2.45) is 11.3 Å². The predicted octanol–water partition coefficient (Wildman–Crippen LogP) is 2.01. The first-order chi connectivity index (χ1) is 4.02. The van der Waals surface area contributed by atoms with Gasteiger partial charge in [-0.05, 0) is 11.8 Å². The Hall–Kier alpha value is -0.330. The Kier molecular flexibility index (Phi) is 1.38. The van der Waals surface area contributed by atoms with Crippen LogP contribution in [0, 0.1) is 11.3 Å². The van der Waals surface area contributed by atoms with Gasteiger partial charge in [-0.3, -0.25) is 4.79 Å².